The molecular formula is C6H11N3O5. The van der Waals surface area contributed by atoms with Crippen molar-refractivity contribution < 1.29 is 25.2 Å². The summed E-state index contributed by atoms with van der Waals surface area (Å²) >= 11 is 0. The number of rotatable bonds is 3. The first-order valence-electron chi connectivity index (χ1n) is 3.96. The summed E-state index contributed by atoms with van der Waals surface area (Å²) in [6.07, 6.45) is -5.31. The topological polar surface area (TPSA) is 139 Å². The van der Waals surface area contributed by atoms with Crippen molar-refractivity contribution in [1.82, 2.24) is 0 Å². The van der Waals surface area contributed by atoms with Crippen LogP contribution in [0, 0.1) is 0 Å². The maximum Gasteiger partial charge on any atom is 0.181 e. The van der Waals surface area contributed by atoms with E-state index in [4.69, 9.17) is 20.5 Å². The van der Waals surface area contributed by atoms with Crippen LogP contribution in [0.15, 0.2) is 5.11 Å². The summed E-state index contributed by atoms with van der Waals surface area (Å²) in [4.78, 5) is 2.45. The van der Waals surface area contributed by atoms with Gasteiger partial charge in [0, 0.05) is 4.91 Å². The van der Waals surface area contributed by atoms with Crippen molar-refractivity contribution in [3.63, 3.8) is 0 Å². The molecule has 0 aromatic carbocycles. The molecule has 8 heteroatoms. The largest absolute Gasteiger partial charge is 0.394 e. The summed E-state index contributed by atoms with van der Waals surface area (Å²) in [5, 5.41) is 39.3. The van der Waals surface area contributed by atoms with E-state index >= 15 is 0 Å². The Morgan fingerprint density at radius 2 is 2.14 bits per heavy atom. The van der Waals surface area contributed by atoms with Crippen LogP contribution in [0.1, 0.15) is 0 Å². The third-order valence-corrected chi connectivity index (χ3v) is 2.03. The molecule has 14 heavy (non-hydrogen) atoms. The van der Waals surface area contributed by atoms with Crippen molar-refractivity contribution in [2.24, 2.45) is 5.11 Å². The molecule has 1 saturated heterocycles. The summed E-state index contributed by atoms with van der Waals surface area (Å²) in [6, 6.07) is -1.10. The molecule has 1 unspecified atom stereocenters. The van der Waals surface area contributed by atoms with Gasteiger partial charge in [-0.1, -0.05) is 5.11 Å². The Hall–Kier alpha value is -0.890. The monoisotopic (exact) mass is 205 g/mol. The van der Waals surface area contributed by atoms with Gasteiger partial charge in [0.05, 0.1) is 12.6 Å². The van der Waals surface area contributed by atoms with Crippen LogP contribution in [0.3, 0.4) is 0 Å². The van der Waals surface area contributed by atoms with E-state index in [2.05, 4.69) is 10.0 Å². The molecule has 0 saturated carbocycles. The Morgan fingerprint density at radius 1 is 1.50 bits per heavy atom. The highest BCUT2D eigenvalue weighted by Crippen LogP contribution is 2.25. The quantitative estimate of drug-likeness (QED) is 0.242. The SMILES string of the molecule is [N-]=[N+]=N[C@H]1[C@@H]([C@H](O)CO)OC(O)[C@@H]1O. The first-order chi connectivity index (χ1) is 6.61. The maximum absolute atomic E-state index is 9.27. The van der Waals surface area contributed by atoms with Gasteiger partial charge in [-0.3, -0.25) is 0 Å². The van der Waals surface area contributed by atoms with E-state index in [1.807, 2.05) is 0 Å². The molecule has 0 aromatic heterocycles. The molecule has 1 aliphatic rings. The van der Waals surface area contributed by atoms with Gasteiger partial charge in [-0.2, -0.15) is 0 Å². The first kappa shape index (κ1) is 11.2. The van der Waals surface area contributed by atoms with Gasteiger partial charge in [-0.05, 0) is 5.53 Å². The minimum Gasteiger partial charge on any atom is -0.394 e. The summed E-state index contributed by atoms with van der Waals surface area (Å²) in [7, 11) is 0. The lowest BCUT2D eigenvalue weighted by molar-refractivity contribution is -0.149. The minimum absolute atomic E-state index is 0.610. The number of nitrogens with zero attached hydrogens (tertiary/aromatic N) is 3. The van der Waals surface area contributed by atoms with Gasteiger partial charge in [-0.15, -0.1) is 0 Å². The van der Waals surface area contributed by atoms with Crippen molar-refractivity contribution in [2.75, 3.05) is 6.61 Å². The second-order valence-corrected chi connectivity index (χ2v) is 2.93. The van der Waals surface area contributed by atoms with E-state index in [1.54, 1.807) is 0 Å². The highest BCUT2D eigenvalue weighted by Gasteiger charge is 2.45. The lowest BCUT2D eigenvalue weighted by Gasteiger charge is -2.18. The zero-order valence-electron chi connectivity index (χ0n) is 7.13. The number of ether oxygens (including phenoxy) is 1. The second-order valence-electron chi connectivity index (χ2n) is 2.93. The summed E-state index contributed by atoms with van der Waals surface area (Å²) in [6.45, 7) is -0.610. The van der Waals surface area contributed by atoms with Crippen molar-refractivity contribution in [1.29, 1.82) is 0 Å². The Balaban J connectivity index is 2.79. The van der Waals surface area contributed by atoms with Crippen molar-refractivity contribution >= 4 is 0 Å². The number of hydrogen-bond acceptors (Lipinski definition) is 6. The molecular weight excluding hydrogens is 194 g/mol. The molecule has 5 atom stereocenters. The van der Waals surface area contributed by atoms with Crippen LogP contribution in [0.25, 0.3) is 10.4 Å². The smallest absolute Gasteiger partial charge is 0.181 e. The predicted octanol–water partition coefficient (Wildman–Crippen LogP) is -1.90. The van der Waals surface area contributed by atoms with Gasteiger partial charge in [-0.25, -0.2) is 0 Å². The Labute approximate surface area is 79.0 Å². The van der Waals surface area contributed by atoms with E-state index < -0.39 is 37.3 Å². The summed E-state index contributed by atoms with van der Waals surface area (Å²) in [5.74, 6) is 0. The average molecular weight is 205 g/mol. The van der Waals surface area contributed by atoms with Crippen molar-refractivity contribution in [3.05, 3.63) is 10.4 Å². The molecule has 0 spiro atoms. The first-order valence-corrected chi connectivity index (χ1v) is 3.96. The third kappa shape index (κ3) is 1.95. The fraction of sp³-hybridized carbons (Fsp3) is 1.00. The van der Waals surface area contributed by atoms with Crippen molar-refractivity contribution in [3.8, 4) is 0 Å². The number of azide groups is 1. The lowest BCUT2D eigenvalue weighted by Crippen LogP contribution is -2.39. The Morgan fingerprint density at radius 3 is 2.64 bits per heavy atom. The van der Waals surface area contributed by atoms with Gasteiger partial charge in [0.25, 0.3) is 0 Å². The van der Waals surface area contributed by atoms with E-state index in [0.29, 0.717) is 0 Å². The van der Waals surface area contributed by atoms with Gasteiger partial charge < -0.3 is 25.2 Å². The second kappa shape index (κ2) is 4.56. The van der Waals surface area contributed by atoms with Crippen LogP contribution in [0.2, 0.25) is 0 Å². The van der Waals surface area contributed by atoms with Crippen LogP contribution in [0.5, 0.6) is 0 Å². The zero-order chi connectivity index (χ0) is 10.7. The minimum atomic E-state index is -1.52. The predicted molar refractivity (Wildman–Crippen MR) is 42.9 cm³/mol. The van der Waals surface area contributed by atoms with Crippen LogP contribution in [0.4, 0.5) is 0 Å². The van der Waals surface area contributed by atoms with Gasteiger partial charge in [0.1, 0.15) is 18.3 Å². The van der Waals surface area contributed by atoms with Crippen LogP contribution >= 0.6 is 0 Å². The Kier molecular flexibility index (Phi) is 3.64. The van der Waals surface area contributed by atoms with E-state index in [1.165, 1.54) is 0 Å². The zero-order valence-corrected chi connectivity index (χ0v) is 7.13. The van der Waals surface area contributed by atoms with E-state index in [9.17, 15) is 10.2 Å². The number of aliphatic hydroxyl groups excluding tert-OH is 4. The molecule has 1 heterocycles. The normalized spacial score (nSPS) is 39.1. The standard InChI is InChI=1S/C6H11N3O5/c7-9-8-3-4(12)6(13)14-5(3)2(11)1-10/h2-6,10-13H,1H2/t2-,3-,4-,5-,6?/m1/s1. The van der Waals surface area contributed by atoms with Crippen LogP contribution in [-0.4, -0.2) is 57.7 Å². The van der Waals surface area contributed by atoms with Gasteiger partial charge in [0.15, 0.2) is 6.29 Å². The molecule has 0 amide bonds. The van der Waals surface area contributed by atoms with Gasteiger partial charge >= 0.3 is 0 Å². The third-order valence-electron chi connectivity index (χ3n) is 2.03. The number of hydrogen-bond donors (Lipinski definition) is 4. The Bertz CT molecular complexity index is 244. The van der Waals surface area contributed by atoms with E-state index in [0.717, 1.165) is 0 Å². The molecule has 80 valence electrons. The molecule has 0 bridgehead atoms. The molecule has 1 fully saturated rings. The summed E-state index contributed by atoms with van der Waals surface area (Å²) < 4.78 is 4.72. The average Bonchev–Trinajstić information content (AvgIpc) is 2.45. The lowest BCUT2D eigenvalue weighted by atomic mass is 10.0. The molecule has 8 nitrogen and oxygen atoms in total. The molecule has 4 N–H and O–H groups in total. The highest BCUT2D eigenvalue weighted by atomic mass is 16.6. The molecule has 0 aromatic rings. The van der Waals surface area contributed by atoms with E-state index in [-0.39, 0.29) is 0 Å². The van der Waals surface area contributed by atoms with Crippen LogP contribution < -0.4 is 0 Å². The molecule has 0 aliphatic carbocycles. The highest BCUT2D eigenvalue weighted by molar-refractivity contribution is 4.95. The maximum atomic E-state index is 9.27. The molecule has 1 aliphatic heterocycles. The van der Waals surface area contributed by atoms with Gasteiger partial charge in [0.2, 0.25) is 0 Å². The van der Waals surface area contributed by atoms with Crippen LogP contribution in [-0.2, 0) is 4.74 Å². The fourth-order valence-corrected chi connectivity index (χ4v) is 1.30. The fourth-order valence-electron chi connectivity index (χ4n) is 1.30. The molecule has 0 radical (unpaired) electrons. The molecule has 1 rings (SSSR count). The van der Waals surface area contributed by atoms with Crippen molar-refractivity contribution in [2.45, 2.75) is 30.6 Å². The summed E-state index contributed by atoms with van der Waals surface area (Å²) in [5.41, 5.74) is 8.17. The number of aliphatic hydroxyl groups is 4.